The predicted octanol–water partition coefficient (Wildman–Crippen LogP) is 1.85. The second-order valence-electron chi connectivity index (χ2n) is 11.9. The number of hydrogen-bond acceptors (Lipinski definition) is 14. The second-order valence-corrected chi connectivity index (χ2v) is 11.9. The predicted molar refractivity (Wildman–Crippen MR) is 155 cm³/mol. The van der Waals surface area contributed by atoms with Crippen molar-refractivity contribution in [2.75, 3.05) is 14.2 Å². The Morgan fingerprint density at radius 2 is 1.04 bits per heavy atom. The largest absolute Gasteiger partial charge is 0.506 e. The third-order valence-electron chi connectivity index (χ3n) is 9.26. The summed E-state index contributed by atoms with van der Waals surface area (Å²) in [5, 5.41) is 67.7. The number of phenolic OH excluding ortho intramolecular Hbond substituents is 2. The molecule has 242 valence electrons. The summed E-state index contributed by atoms with van der Waals surface area (Å²) in [4.78, 5) is 52.3. The molecule has 0 unspecified atom stereocenters. The molecule has 2 heterocycles. The zero-order chi connectivity index (χ0) is 33.6. The molecule has 2 fully saturated rings. The van der Waals surface area contributed by atoms with Crippen molar-refractivity contribution in [3.05, 3.63) is 46.5 Å². The van der Waals surface area contributed by atoms with Crippen LogP contribution < -0.4 is 9.47 Å². The molecule has 14 heteroatoms. The van der Waals surface area contributed by atoms with Crippen LogP contribution in [0.3, 0.4) is 0 Å². The van der Waals surface area contributed by atoms with E-state index in [1.165, 1.54) is 38.1 Å². The van der Waals surface area contributed by atoms with Gasteiger partial charge in [-0.1, -0.05) is 13.8 Å². The van der Waals surface area contributed by atoms with Gasteiger partial charge in [0, 0.05) is 24.0 Å². The monoisotopic (exact) mass is 638 g/mol. The molecule has 0 saturated heterocycles. The molecule has 0 aromatic heterocycles. The first-order valence-electron chi connectivity index (χ1n) is 14.3. The van der Waals surface area contributed by atoms with Crippen LogP contribution in [0.2, 0.25) is 0 Å². The standard InChI is InChI=1S/C32H30O14/c1-11-9-15(33)21-25(37)19-17(45-31(21,27(11)39)29(41)43-3)7-5-13(23(19)35)14-6-8-18-20(24(14)36)26(38)22-16(34)10-12(2)28(40)32(22,46-18)30(42)44-4/h5-8,11-12,27-28,35-40H,9-10H2,1-4H3/t11-,12-,27+,28+,31+,32+/m1/s1. The fraction of sp³-hybridized carbons (Fsp3) is 0.375. The highest BCUT2D eigenvalue weighted by atomic mass is 16.6. The first-order chi connectivity index (χ1) is 21.7. The van der Waals surface area contributed by atoms with Gasteiger partial charge in [-0.25, -0.2) is 9.59 Å². The van der Waals surface area contributed by atoms with Gasteiger partial charge in [0.2, 0.25) is 0 Å². The first kappa shape index (κ1) is 30.9. The molecule has 0 bridgehead atoms. The molecule has 0 radical (unpaired) electrons. The Balaban J connectivity index is 1.55. The van der Waals surface area contributed by atoms with E-state index in [-0.39, 0.29) is 35.5 Å². The highest BCUT2D eigenvalue weighted by Gasteiger charge is 2.64. The van der Waals surface area contributed by atoms with Crippen molar-refractivity contribution >= 4 is 35.0 Å². The Labute approximate surface area is 260 Å². The van der Waals surface area contributed by atoms with E-state index in [0.29, 0.717) is 0 Å². The fourth-order valence-corrected chi connectivity index (χ4v) is 7.00. The zero-order valence-corrected chi connectivity index (χ0v) is 25.0. The molecular weight excluding hydrogens is 608 g/mol. The molecule has 6 rings (SSSR count). The van der Waals surface area contributed by atoms with Crippen LogP contribution in [-0.4, -0.2) is 91.8 Å². The third kappa shape index (κ3) is 3.70. The van der Waals surface area contributed by atoms with E-state index in [0.717, 1.165) is 14.2 Å². The normalized spacial score (nSPS) is 29.9. The third-order valence-corrected chi connectivity index (χ3v) is 9.26. The van der Waals surface area contributed by atoms with Crippen LogP contribution in [0.4, 0.5) is 0 Å². The van der Waals surface area contributed by atoms with Gasteiger partial charge in [-0.3, -0.25) is 9.59 Å². The van der Waals surface area contributed by atoms with Gasteiger partial charge in [0.05, 0.1) is 25.4 Å². The summed E-state index contributed by atoms with van der Waals surface area (Å²) in [6, 6.07) is 4.92. The number of ether oxygens (including phenoxy) is 4. The average Bonchev–Trinajstić information content (AvgIpc) is 3.01. The number of aliphatic hydroxyl groups excluding tert-OH is 4. The number of rotatable bonds is 3. The number of Topliss-reactive ketones (excluding diaryl/α,β-unsaturated/α-hetero) is 2. The molecule has 6 atom stereocenters. The Kier molecular flexibility index (Phi) is 6.87. The Hall–Kier alpha value is -5.08. The molecule has 2 aromatic rings. The minimum atomic E-state index is -2.42. The van der Waals surface area contributed by atoms with Crippen molar-refractivity contribution < 1.29 is 68.8 Å². The van der Waals surface area contributed by atoms with Gasteiger partial charge in [-0.05, 0) is 36.1 Å². The smallest absolute Gasteiger partial charge is 0.358 e. The van der Waals surface area contributed by atoms with Crippen molar-refractivity contribution in [3.63, 3.8) is 0 Å². The molecule has 2 saturated carbocycles. The van der Waals surface area contributed by atoms with Gasteiger partial charge in [0.25, 0.3) is 11.2 Å². The van der Waals surface area contributed by atoms with E-state index in [4.69, 9.17) is 18.9 Å². The zero-order valence-electron chi connectivity index (χ0n) is 25.0. The highest BCUT2D eigenvalue weighted by molar-refractivity contribution is 6.14. The average molecular weight is 639 g/mol. The summed E-state index contributed by atoms with van der Waals surface area (Å²) in [6.45, 7) is 3.04. The van der Waals surface area contributed by atoms with Crippen LogP contribution in [0, 0.1) is 11.8 Å². The van der Waals surface area contributed by atoms with Gasteiger partial charge in [0.15, 0.2) is 11.6 Å². The van der Waals surface area contributed by atoms with Gasteiger partial charge in [-0.2, -0.15) is 0 Å². The lowest BCUT2D eigenvalue weighted by molar-refractivity contribution is -0.173. The van der Waals surface area contributed by atoms with Crippen LogP contribution in [0.15, 0.2) is 35.4 Å². The number of carbonyl (C=O) groups excluding carboxylic acids is 4. The van der Waals surface area contributed by atoms with E-state index in [1.54, 1.807) is 0 Å². The van der Waals surface area contributed by atoms with E-state index in [2.05, 4.69) is 0 Å². The number of aliphatic hydroxyl groups is 4. The van der Waals surface area contributed by atoms with E-state index in [9.17, 15) is 49.8 Å². The van der Waals surface area contributed by atoms with Crippen molar-refractivity contribution in [1.29, 1.82) is 0 Å². The summed E-state index contributed by atoms with van der Waals surface area (Å²) < 4.78 is 21.5. The summed E-state index contributed by atoms with van der Waals surface area (Å²) in [5.74, 6) is -9.01. The first-order valence-corrected chi connectivity index (χ1v) is 14.3. The van der Waals surface area contributed by atoms with Gasteiger partial charge >= 0.3 is 11.9 Å². The summed E-state index contributed by atoms with van der Waals surface area (Å²) in [6.07, 6.45) is -3.72. The van der Waals surface area contributed by atoms with Crippen LogP contribution in [0.25, 0.3) is 22.6 Å². The number of carbonyl (C=O) groups is 4. The lowest BCUT2D eigenvalue weighted by Crippen LogP contribution is -2.64. The van der Waals surface area contributed by atoms with Crippen LogP contribution >= 0.6 is 0 Å². The van der Waals surface area contributed by atoms with E-state index < -0.39 is 104 Å². The number of hydrogen-bond donors (Lipinski definition) is 6. The number of esters is 2. The Morgan fingerprint density at radius 3 is 1.37 bits per heavy atom. The van der Waals surface area contributed by atoms with Gasteiger partial charge in [0.1, 0.15) is 57.9 Å². The van der Waals surface area contributed by atoms with Crippen LogP contribution in [0.1, 0.15) is 37.8 Å². The number of aromatic hydroxyl groups is 2. The maximum Gasteiger partial charge on any atom is 0.358 e. The van der Waals surface area contributed by atoms with Crippen molar-refractivity contribution in [2.45, 2.75) is 50.1 Å². The number of fused-ring (bicyclic) bond motifs is 4. The molecule has 14 nitrogen and oxygen atoms in total. The molecular formula is C32H30O14. The molecule has 0 spiro atoms. The number of ketones is 2. The summed E-state index contributed by atoms with van der Waals surface area (Å²) in [7, 11) is 2.04. The molecule has 2 aromatic carbocycles. The molecule has 46 heavy (non-hydrogen) atoms. The van der Waals surface area contributed by atoms with Crippen LogP contribution in [-0.2, 0) is 28.7 Å². The van der Waals surface area contributed by atoms with E-state index in [1.807, 2.05) is 0 Å². The lowest BCUT2D eigenvalue weighted by Gasteiger charge is -2.45. The van der Waals surface area contributed by atoms with Gasteiger partial charge in [-0.15, -0.1) is 0 Å². The Bertz CT molecular complexity index is 1690. The quantitative estimate of drug-likeness (QED) is 0.264. The lowest BCUT2D eigenvalue weighted by atomic mass is 9.69. The minimum absolute atomic E-state index is 0.163. The summed E-state index contributed by atoms with van der Waals surface area (Å²) >= 11 is 0. The Morgan fingerprint density at radius 1 is 0.696 bits per heavy atom. The maximum absolute atomic E-state index is 13.2. The van der Waals surface area contributed by atoms with Crippen molar-refractivity contribution in [3.8, 4) is 34.1 Å². The SMILES string of the molecule is COC(=O)[C@]12Oc3ccc(-c4ccc5c(c4O)C(O)=C4C(=O)C[C@@H](C)[C@H](O)[C@@]4(C(=O)OC)O5)c(O)c3C(O)=C1C(=O)C[C@@H](C)[C@@H]2O. The number of methoxy groups -OCH3 is 2. The molecule has 2 aliphatic heterocycles. The fourth-order valence-electron chi connectivity index (χ4n) is 7.00. The number of benzene rings is 2. The number of phenols is 2. The van der Waals surface area contributed by atoms with Crippen molar-refractivity contribution in [1.82, 2.24) is 0 Å². The van der Waals surface area contributed by atoms with Gasteiger partial charge < -0.3 is 49.6 Å². The second kappa shape index (κ2) is 10.2. The molecule has 4 aliphatic rings. The highest BCUT2D eigenvalue weighted by Crippen LogP contribution is 2.55. The van der Waals surface area contributed by atoms with Crippen LogP contribution in [0.5, 0.6) is 23.0 Å². The summed E-state index contributed by atoms with van der Waals surface area (Å²) in [5.41, 5.74) is -7.25. The molecule has 0 amide bonds. The van der Waals surface area contributed by atoms with E-state index >= 15 is 0 Å². The minimum Gasteiger partial charge on any atom is -0.506 e. The van der Waals surface area contributed by atoms with Crippen molar-refractivity contribution in [2.24, 2.45) is 11.8 Å². The molecule has 2 aliphatic carbocycles. The topological polar surface area (TPSA) is 227 Å². The molecule has 6 N–H and O–H groups in total. The maximum atomic E-state index is 13.2.